The minimum atomic E-state index is -0.379. The van der Waals surface area contributed by atoms with Gasteiger partial charge in [0.15, 0.2) is 5.78 Å². The van der Waals surface area contributed by atoms with Crippen molar-refractivity contribution >= 4 is 40.2 Å². The van der Waals surface area contributed by atoms with Gasteiger partial charge in [-0.15, -0.1) is 0 Å². The molecule has 150 valence electrons. The predicted molar refractivity (Wildman–Crippen MR) is 120 cm³/mol. The second kappa shape index (κ2) is 8.51. The number of hydrogen-bond acceptors (Lipinski definition) is 5. The number of nitrogens with one attached hydrogen (secondary N) is 2. The zero-order valence-corrected chi connectivity index (χ0v) is 17.4. The predicted octanol–water partition coefficient (Wildman–Crippen LogP) is 4.95. The Morgan fingerprint density at radius 1 is 1.03 bits per heavy atom. The Hall–Kier alpha value is -3.45. The van der Waals surface area contributed by atoms with Crippen molar-refractivity contribution in [2.75, 3.05) is 5.32 Å². The smallest absolute Gasteiger partial charge is 0.237 e. The maximum Gasteiger partial charge on any atom is 0.237 e. The SMILES string of the molecule is CC(=O)c1ccc(NC(=O)[C@H](C)Sc2ncccc2-c2nc3ccccc3[nH]2)cc1. The van der Waals surface area contributed by atoms with E-state index in [1.54, 1.807) is 30.5 Å². The largest absolute Gasteiger partial charge is 0.338 e. The summed E-state index contributed by atoms with van der Waals surface area (Å²) < 4.78 is 0. The van der Waals surface area contributed by atoms with E-state index in [0.29, 0.717) is 11.3 Å². The van der Waals surface area contributed by atoms with Crippen LogP contribution in [0, 0.1) is 0 Å². The third-order valence-electron chi connectivity index (χ3n) is 4.63. The van der Waals surface area contributed by atoms with Gasteiger partial charge in [-0.3, -0.25) is 9.59 Å². The first-order chi connectivity index (χ1) is 14.5. The molecule has 2 N–H and O–H groups in total. The number of imidazole rings is 1. The second-order valence-corrected chi connectivity index (χ2v) is 8.17. The number of H-pyrrole nitrogens is 1. The number of carbonyl (C=O) groups excluding carboxylic acids is 2. The molecule has 0 unspecified atom stereocenters. The number of Topliss-reactive ketones (excluding diaryl/α,β-unsaturated/α-hetero) is 1. The van der Waals surface area contributed by atoms with Crippen molar-refractivity contribution in [2.45, 2.75) is 24.1 Å². The normalized spacial score (nSPS) is 11.9. The average molecular weight is 417 g/mol. The fourth-order valence-corrected chi connectivity index (χ4v) is 3.91. The summed E-state index contributed by atoms with van der Waals surface area (Å²) in [5, 5.41) is 3.24. The molecule has 4 rings (SSSR count). The van der Waals surface area contributed by atoms with Crippen LogP contribution in [0.2, 0.25) is 0 Å². The summed E-state index contributed by atoms with van der Waals surface area (Å²) in [6, 6.07) is 18.5. The van der Waals surface area contributed by atoms with Gasteiger partial charge in [-0.25, -0.2) is 9.97 Å². The molecule has 1 atom stereocenters. The van der Waals surface area contributed by atoms with Crippen LogP contribution in [0.15, 0.2) is 71.9 Å². The highest BCUT2D eigenvalue weighted by molar-refractivity contribution is 8.00. The molecule has 2 aromatic heterocycles. The lowest BCUT2D eigenvalue weighted by Crippen LogP contribution is -2.22. The van der Waals surface area contributed by atoms with E-state index in [4.69, 9.17) is 0 Å². The summed E-state index contributed by atoms with van der Waals surface area (Å²) in [5.41, 5.74) is 3.94. The summed E-state index contributed by atoms with van der Waals surface area (Å²) >= 11 is 1.37. The standard InChI is InChI=1S/C23H20N4O2S/c1-14(28)16-9-11-17(12-10-16)25-22(29)15(2)30-23-18(6-5-13-24-23)21-26-19-7-3-4-8-20(19)27-21/h3-13,15H,1-2H3,(H,25,29)(H,26,27)/t15-/m0/s1. The Kier molecular flexibility index (Phi) is 5.63. The molecule has 0 spiro atoms. The molecule has 30 heavy (non-hydrogen) atoms. The Labute approximate surface area is 178 Å². The quantitative estimate of drug-likeness (QED) is 0.343. The molecule has 0 bridgehead atoms. The molecule has 0 aliphatic heterocycles. The molecule has 0 saturated carbocycles. The summed E-state index contributed by atoms with van der Waals surface area (Å²) in [4.78, 5) is 36.5. The van der Waals surface area contributed by atoms with Gasteiger partial charge in [0.1, 0.15) is 10.9 Å². The molecule has 0 fully saturated rings. The van der Waals surface area contributed by atoms with Gasteiger partial charge in [0.25, 0.3) is 0 Å². The molecular formula is C23H20N4O2S. The molecule has 0 aliphatic carbocycles. The zero-order chi connectivity index (χ0) is 21.1. The number of thioether (sulfide) groups is 1. The fourth-order valence-electron chi connectivity index (χ4n) is 3.00. The Balaban J connectivity index is 1.51. The number of benzene rings is 2. The van der Waals surface area contributed by atoms with Crippen LogP contribution in [-0.2, 0) is 4.79 Å². The van der Waals surface area contributed by atoms with Crippen molar-refractivity contribution in [3.8, 4) is 11.4 Å². The van der Waals surface area contributed by atoms with Gasteiger partial charge in [0.05, 0.1) is 16.3 Å². The molecule has 6 nitrogen and oxygen atoms in total. The van der Waals surface area contributed by atoms with E-state index in [2.05, 4.69) is 20.3 Å². The van der Waals surface area contributed by atoms with Crippen molar-refractivity contribution in [3.05, 3.63) is 72.4 Å². The van der Waals surface area contributed by atoms with Gasteiger partial charge in [-0.05, 0) is 62.4 Å². The Bertz CT molecular complexity index is 1180. The molecule has 4 aromatic rings. The molecule has 0 radical (unpaired) electrons. The molecule has 2 heterocycles. The molecule has 0 aliphatic rings. The monoisotopic (exact) mass is 416 g/mol. The van der Waals surface area contributed by atoms with Crippen molar-refractivity contribution in [1.82, 2.24) is 15.0 Å². The number of nitrogens with zero attached hydrogens (tertiary/aromatic N) is 2. The summed E-state index contributed by atoms with van der Waals surface area (Å²) in [6.45, 7) is 3.35. The topological polar surface area (TPSA) is 87.7 Å². The highest BCUT2D eigenvalue weighted by Gasteiger charge is 2.19. The van der Waals surface area contributed by atoms with Gasteiger partial charge < -0.3 is 10.3 Å². The van der Waals surface area contributed by atoms with Crippen molar-refractivity contribution in [2.24, 2.45) is 0 Å². The number of pyridine rings is 1. The first-order valence-corrected chi connectivity index (χ1v) is 10.4. The number of ketones is 1. The average Bonchev–Trinajstić information content (AvgIpc) is 3.18. The van der Waals surface area contributed by atoms with E-state index >= 15 is 0 Å². The number of aromatic amines is 1. The van der Waals surface area contributed by atoms with Crippen molar-refractivity contribution in [1.29, 1.82) is 0 Å². The maximum atomic E-state index is 12.7. The molecule has 2 aromatic carbocycles. The highest BCUT2D eigenvalue weighted by atomic mass is 32.2. The van der Waals surface area contributed by atoms with E-state index in [9.17, 15) is 9.59 Å². The number of para-hydroxylation sites is 2. The minimum Gasteiger partial charge on any atom is -0.338 e. The van der Waals surface area contributed by atoms with Gasteiger partial charge in [-0.2, -0.15) is 0 Å². The third kappa shape index (κ3) is 4.26. The number of rotatable bonds is 6. The zero-order valence-electron chi connectivity index (χ0n) is 16.5. The van der Waals surface area contributed by atoms with Gasteiger partial charge in [0, 0.05) is 23.0 Å². The highest BCUT2D eigenvalue weighted by Crippen LogP contribution is 2.32. The Morgan fingerprint density at radius 2 is 1.80 bits per heavy atom. The lowest BCUT2D eigenvalue weighted by atomic mass is 10.1. The summed E-state index contributed by atoms with van der Waals surface area (Å²) in [7, 11) is 0. The number of fused-ring (bicyclic) bond motifs is 1. The summed E-state index contributed by atoms with van der Waals surface area (Å²) in [6.07, 6.45) is 1.71. The van der Waals surface area contributed by atoms with Crippen LogP contribution in [0.25, 0.3) is 22.4 Å². The fraction of sp³-hybridized carbons (Fsp3) is 0.130. The third-order valence-corrected chi connectivity index (χ3v) is 5.75. The number of hydrogen-bond donors (Lipinski definition) is 2. The Morgan fingerprint density at radius 3 is 2.53 bits per heavy atom. The van der Waals surface area contributed by atoms with Gasteiger partial charge in [0.2, 0.25) is 5.91 Å². The number of amides is 1. The van der Waals surface area contributed by atoms with E-state index in [0.717, 1.165) is 27.4 Å². The van der Waals surface area contributed by atoms with Crippen LogP contribution in [0.5, 0.6) is 0 Å². The first-order valence-electron chi connectivity index (χ1n) is 9.50. The number of anilines is 1. The lowest BCUT2D eigenvalue weighted by Gasteiger charge is -2.13. The maximum absolute atomic E-state index is 12.7. The minimum absolute atomic E-state index is 0.00920. The van der Waals surface area contributed by atoms with Crippen LogP contribution >= 0.6 is 11.8 Å². The summed E-state index contributed by atoms with van der Waals surface area (Å²) in [5.74, 6) is 0.570. The molecule has 1 amide bonds. The van der Waals surface area contributed by atoms with Crippen LogP contribution in [0.3, 0.4) is 0 Å². The second-order valence-electron chi connectivity index (χ2n) is 6.84. The lowest BCUT2D eigenvalue weighted by molar-refractivity contribution is -0.115. The van der Waals surface area contributed by atoms with Gasteiger partial charge >= 0.3 is 0 Å². The van der Waals surface area contributed by atoms with Crippen LogP contribution in [0.1, 0.15) is 24.2 Å². The number of carbonyl (C=O) groups is 2. The van der Waals surface area contributed by atoms with E-state index in [-0.39, 0.29) is 16.9 Å². The van der Waals surface area contributed by atoms with Crippen LogP contribution < -0.4 is 5.32 Å². The van der Waals surface area contributed by atoms with Crippen LogP contribution in [-0.4, -0.2) is 31.9 Å². The van der Waals surface area contributed by atoms with E-state index in [1.807, 2.05) is 43.3 Å². The molecular weight excluding hydrogens is 396 g/mol. The number of aromatic nitrogens is 3. The molecule has 0 saturated heterocycles. The van der Waals surface area contributed by atoms with E-state index in [1.165, 1.54) is 18.7 Å². The van der Waals surface area contributed by atoms with Crippen LogP contribution in [0.4, 0.5) is 5.69 Å². The van der Waals surface area contributed by atoms with Crippen molar-refractivity contribution < 1.29 is 9.59 Å². The van der Waals surface area contributed by atoms with Gasteiger partial charge in [-0.1, -0.05) is 23.9 Å². The van der Waals surface area contributed by atoms with Crippen molar-refractivity contribution in [3.63, 3.8) is 0 Å². The molecule has 7 heteroatoms. The van der Waals surface area contributed by atoms with E-state index < -0.39 is 0 Å². The first kappa shape index (κ1) is 19.8.